The van der Waals surface area contributed by atoms with E-state index in [0.717, 1.165) is 60.6 Å². The predicted octanol–water partition coefficient (Wildman–Crippen LogP) is 9.54. The van der Waals surface area contributed by atoms with E-state index in [1.807, 2.05) is 12.1 Å². The van der Waals surface area contributed by atoms with Gasteiger partial charge < -0.3 is 19.7 Å². The van der Waals surface area contributed by atoms with Crippen molar-refractivity contribution in [1.82, 2.24) is 4.90 Å². The molecule has 1 fully saturated rings. The van der Waals surface area contributed by atoms with Gasteiger partial charge in [0.2, 0.25) is 5.91 Å². The summed E-state index contributed by atoms with van der Waals surface area (Å²) < 4.78 is 11.3. The fourth-order valence-electron chi connectivity index (χ4n) is 7.03. The van der Waals surface area contributed by atoms with Crippen LogP contribution in [0, 0.1) is 0 Å². The molecule has 45 heavy (non-hydrogen) atoms. The van der Waals surface area contributed by atoms with Gasteiger partial charge in [-0.1, -0.05) is 109 Å². The van der Waals surface area contributed by atoms with Crippen molar-refractivity contribution in [2.45, 2.75) is 128 Å². The minimum atomic E-state index is 0.101. The minimum absolute atomic E-state index is 0.101. The molecule has 6 heteroatoms. The topological polar surface area (TPSA) is 63.2 Å². The second-order valence-corrected chi connectivity index (χ2v) is 13.3. The number of anilines is 1. The Labute approximate surface area is 273 Å². The van der Waals surface area contributed by atoms with Crippen molar-refractivity contribution in [2.24, 2.45) is 4.99 Å². The molecule has 2 unspecified atom stereocenters. The lowest BCUT2D eigenvalue weighted by molar-refractivity contribution is -0.116. The van der Waals surface area contributed by atoms with Crippen LogP contribution in [0.2, 0.25) is 0 Å². The zero-order valence-corrected chi connectivity index (χ0v) is 28.7. The molecule has 0 aliphatic carbocycles. The number of likely N-dealkylation sites (tertiary alicyclic amines) is 1. The fourth-order valence-corrected chi connectivity index (χ4v) is 7.03. The molecule has 0 aromatic heterocycles. The number of rotatable bonds is 20. The first-order chi connectivity index (χ1) is 22.0. The lowest BCUT2D eigenvalue weighted by Gasteiger charge is -2.39. The third-order valence-corrected chi connectivity index (χ3v) is 9.73. The number of methoxy groups -OCH3 is 2. The Bertz CT molecular complexity index is 1210. The number of aliphatic imine (C=N–C) groups is 1. The van der Waals surface area contributed by atoms with E-state index in [1.165, 1.54) is 89.0 Å². The number of ether oxygens (including phenoxy) is 2. The van der Waals surface area contributed by atoms with Crippen LogP contribution in [0.5, 0.6) is 11.5 Å². The second-order valence-electron chi connectivity index (χ2n) is 13.3. The zero-order valence-electron chi connectivity index (χ0n) is 28.7. The number of likely N-dealkylation sites (N-methyl/N-ethyl adjacent to an activating group) is 1. The van der Waals surface area contributed by atoms with Gasteiger partial charge in [0.05, 0.1) is 26.0 Å². The van der Waals surface area contributed by atoms with Crippen molar-refractivity contribution in [2.75, 3.05) is 39.7 Å². The van der Waals surface area contributed by atoms with Crippen molar-refractivity contribution in [3.05, 3.63) is 53.1 Å². The number of amides is 1. The van der Waals surface area contributed by atoms with Gasteiger partial charge in [-0.05, 0) is 56.3 Å². The van der Waals surface area contributed by atoms with Gasteiger partial charge in [0.1, 0.15) is 0 Å². The average Bonchev–Trinajstić information content (AvgIpc) is 3.06. The van der Waals surface area contributed by atoms with Gasteiger partial charge in [-0.2, -0.15) is 0 Å². The highest BCUT2D eigenvalue weighted by atomic mass is 16.5. The SMILES string of the molecule is CCCCCCCCCCCCCCCCCC(=O)Nc1ccc(C2=NC3CCN(C)CC3c3cc(OC)c(OC)cc32)cc1. The van der Waals surface area contributed by atoms with Crippen LogP contribution in [0.25, 0.3) is 0 Å². The minimum Gasteiger partial charge on any atom is -0.493 e. The monoisotopic (exact) mass is 617 g/mol. The van der Waals surface area contributed by atoms with Gasteiger partial charge >= 0.3 is 0 Å². The first-order valence-corrected chi connectivity index (χ1v) is 18.0. The molecule has 1 amide bonds. The lowest BCUT2D eigenvalue weighted by atomic mass is 9.79. The van der Waals surface area contributed by atoms with Gasteiger partial charge in [-0.3, -0.25) is 9.79 Å². The van der Waals surface area contributed by atoms with Crippen molar-refractivity contribution in [1.29, 1.82) is 0 Å². The van der Waals surface area contributed by atoms with Crippen LogP contribution in [-0.4, -0.2) is 56.9 Å². The third kappa shape index (κ3) is 10.6. The Balaban J connectivity index is 1.18. The Hall–Kier alpha value is -2.86. The summed E-state index contributed by atoms with van der Waals surface area (Å²) in [7, 11) is 5.56. The zero-order chi connectivity index (χ0) is 31.9. The van der Waals surface area contributed by atoms with E-state index < -0.39 is 0 Å². The molecule has 2 aromatic carbocycles. The smallest absolute Gasteiger partial charge is 0.224 e. The molecule has 2 atom stereocenters. The number of unbranched alkanes of at least 4 members (excludes halogenated alkanes) is 14. The van der Waals surface area contributed by atoms with Crippen LogP contribution in [0.1, 0.15) is 139 Å². The lowest BCUT2D eigenvalue weighted by Crippen LogP contribution is -2.41. The highest BCUT2D eigenvalue weighted by molar-refractivity contribution is 6.15. The Morgan fingerprint density at radius 3 is 1.96 bits per heavy atom. The number of fused-ring (bicyclic) bond motifs is 3. The quantitative estimate of drug-likeness (QED) is 0.150. The molecule has 2 heterocycles. The van der Waals surface area contributed by atoms with Crippen molar-refractivity contribution in [3.63, 3.8) is 0 Å². The Morgan fingerprint density at radius 2 is 1.38 bits per heavy atom. The van der Waals surface area contributed by atoms with Crippen LogP contribution in [0.15, 0.2) is 41.4 Å². The standard InChI is InChI=1S/C39H59N3O3/c1-5-6-7-8-9-10-11-12-13-14-15-16-17-18-19-20-38(43)40-31-23-21-30(22-24-31)39-33-28-37(45-4)36(44-3)27-32(33)34-29-42(2)26-25-35(34)41-39/h21-24,27-28,34-35H,5-20,25-26,29H2,1-4H3,(H,40,43). The molecule has 1 saturated heterocycles. The van der Waals surface area contributed by atoms with E-state index in [0.29, 0.717) is 18.1 Å². The van der Waals surface area contributed by atoms with Crippen LogP contribution < -0.4 is 14.8 Å². The summed E-state index contributed by atoms with van der Waals surface area (Å²) >= 11 is 0. The number of carbonyl (C=O) groups excluding carboxylic acids is 1. The van der Waals surface area contributed by atoms with Gasteiger partial charge in [0.15, 0.2) is 11.5 Å². The fraction of sp³-hybridized carbons (Fsp3) is 0.641. The number of hydrogen-bond acceptors (Lipinski definition) is 5. The van der Waals surface area contributed by atoms with Gasteiger partial charge in [0.25, 0.3) is 0 Å². The van der Waals surface area contributed by atoms with E-state index in [-0.39, 0.29) is 11.9 Å². The third-order valence-electron chi connectivity index (χ3n) is 9.73. The van der Waals surface area contributed by atoms with E-state index in [4.69, 9.17) is 14.5 Å². The van der Waals surface area contributed by atoms with Crippen molar-refractivity contribution >= 4 is 17.3 Å². The maximum atomic E-state index is 12.6. The number of nitrogens with one attached hydrogen (secondary N) is 1. The highest BCUT2D eigenvalue weighted by Crippen LogP contribution is 2.42. The van der Waals surface area contributed by atoms with Crippen LogP contribution in [0.3, 0.4) is 0 Å². The summed E-state index contributed by atoms with van der Waals surface area (Å²) in [5.74, 6) is 1.91. The van der Waals surface area contributed by atoms with Gasteiger partial charge in [-0.15, -0.1) is 0 Å². The van der Waals surface area contributed by atoms with Gasteiger partial charge in [0, 0.05) is 35.7 Å². The van der Waals surface area contributed by atoms with Crippen LogP contribution >= 0.6 is 0 Å². The molecule has 0 saturated carbocycles. The molecule has 248 valence electrons. The molecular formula is C39H59N3O3. The van der Waals surface area contributed by atoms with Gasteiger partial charge in [-0.25, -0.2) is 0 Å². The van der Waals surface area contributed by atoms with Crippen LogP contribution in [-0.2, 0) is 4.79 Å². The summed E-state index contributed by atoms with van der Waals surface area (Å²) in [4.78, 5) is 20.3. The maximum Gasteiger partial charge on any atom is 0.224 e. The first-order valence-electron chi connectivity index (χ1n) is 18.0. The number of piperidine rings is 1. The molecule has 0 spiro atoms. The molecule has 2 aliphatic heterocycles. The average molecular weight is 618 g/mol. The van der Waals surface area contributed by atoms with E-state index >= 15 is 0 Å². The second kappa shape index (κ2) is 19.0. The van der Waals surface area contributed by atoms with E-state index in [1.54, 1.807) is 14.2 Å². The molecular weight excluding hydrogens is 558 g/mol. The van der Waals surface area contributed by atoms with Crippen molar-refractivity contribution in [3.8, 4) is 11.5 Å². The van der Waals surface area contributed by atoms with E-state index in [2.05, 4.69) is 48.5 Å². The molecule has 0 bridgehead atoms. The maximum absolute atomic E-state index is 12.6. The Morgan fingerprint density at radius 1 is 0.822 bits per heavy atom. The predicted molar refractivity (Wildman–Crippen MR) is 188 cm³/mol. The molecule has 0 radical (unpaired) electrons. The number of nitrogens with zero attached hydrogens (tertiary/aromatic N) is 2. The van der Waals surface area contributed by atoms with Crippen LogP contribution in [0.4, 0.5) is 5.69 Å². The largest absolute Gasteiger partial charge is 0.493 e. The normalized spacial score (nSPS) is 17.7. The number of benzene rings is 2. The molecule has 6 nitrogen and oxygen atoms in total. The highest BCUT2D eigenvalue weighted by Gasteiger charge is 2.36. The first kappa shape index (κ1) is 35.0. The summed E-state index contributed by atoms with van der Waals surface area (Å²) in [6.45, 7) is 4.31. The summed E-state index contributed by atoms with van der Waals surface area (Å²) in [5, 5.41) is 3.10. The molecule has 2 aliphatic rings. The molecule has 1 N–H and O–H groups in total. The van der Waals surface area contributed by atoms with Crippen molar-refractivity contribution < 1.29 is 14.3 Å². The molecule has 2 aromatic rings. The summed E-state index contributed by atoms with van der Waals surface area (Å²) in [6, 6.07) is 12.6. The summed E-state index contributed by atoms with van der Waals surface area (Å²) in [6.07, 6.45) is 21.6. The van der Waals surface area contributed by atoms with E-state index in [9.17, 15) is 4.79 Å². The number of carbonyl (C=O) groups is 1. The number of hydrogen-bond donors (Lipinski definition) is 1. The summed E-state index contributed by atoms with van der Waals surface area (Å²) in [5.41, 5.74) is 5.27. The molecule has 4 rings (SSSR count). The Kier molecular flexibility index (Phi) is 14.7.